The van der Waals surface area contributed by atoms with Gasteiger partial charge < -0.3 is 10.8 Å². The van der Waals surface area contributed by atoms with Crippen LogP contribution in [0.3, 0.4) is 0 Å². The van der Waals surface area contributed by atoms with Crippen LogP contribution in [0.2, 0.25) is 0 Å². The standard InChI is InChI=1S/C12H16FNO/c13-10-6-2-1-5-9(10)11(15)12(14)7-3-4-8-12/h1-2,5-6,11,15H,3-4,7-8,14H2. The van der Waals surface area contributed by atoms with Crippen LogP contribution in [0, 0.1) is 5.82 Å². The molecule has 15 heavy (non-hydrogen) atoms. The van der Waals surface area contributed by atoms with Crippen molar-refractivity contribution in [2.24, 2.45) is 5.73 Å². The topological polar surface area (TPSA) is 46.2 Å². The predicted molar refractivity (Wildman–Crippen MR) is 56.7 cm³/mol. The van der Waals surface area contributed by atoms with Gasteiger partial charge in [-0.15, -0.1) is 0 Å². The van der Waals surface area contributed by atoms with Gasteiger partial charge in [-0.25, -0.2) is 4.39 Å². The summed E-state index contributed by atoms with van der Waals surface area (Å²) in [6.45, 7) is 0. The second kappa shape index (κ2) is 3.91. The van der Waals surface area contributed by atoms with E-state index in [2.05, 4.69) is 0 Å². The van der Waals surface area contributed by atoms with E-state index in [4.69, 9.17) is 5.73 Å². The molecule has 1 unspecified atom stereocenters. The zero-order valence-corrected chi connectivity index (χ0v) is 8.62. The Morgan fingerprint density at radius 3 is 2.47 bits per heavy atom. The zero-order chi connectivity index (χ0) is 10.9. The Kier molecular flexibility index (Phi) is 2.76. The zero-order valence-electron chi connectivity index (χ0n) is 8.62. The Hall–Kier alpha value is -0.930. The maximum absolute atomic E-state index is 13.4. The molecule has 1 aliphatic rings. The van der Waals surface area contributed by atoms with E-state index < -0.39 is 11.6 Å². The van der Waals surface area contributed by atoms with E-state index in [1.54, 1.807) is 18.2 Å². The molecular weight excluding hydrogens is 193 g/mol. The maximum Gasteiger partial charge on any atom is 0.129 e. The van der Waals surface area contributed by atoms with Gasteiger partial charge in [-0.05, 0) is 18.9 Å². The third-order valence-corrected chi connectivity index (χ3v) is 3.28. The SMILES string of the molecule is NC1(C(O)c2ccccc2F)CCCC1. The number of hydrogen-bond donors (Lipinski definition) is 2. The van der Waals surface area contributed by atoms with Crippen LogP contribution >= 0.6 is 0 Å². The molecule has 0 heterocycles. The summed E-state index contributed by atoms with van der Waals surface area (Å²) in [5, 5.41) is 10.1. The number of rotatable bonds is 2. The molecular formula is C12H16FNO. The lowest BCUT2D eigenvalue weighted by molar-refractivity contribution is 0.0838. The fraction of sp³-hybridized carbons (Fsp3) is 0.500. The molecule has 1 aliphatic carbocycles. The van der Waals surface area contributed by atoms with Crippen LogP contribution in [-0.2, 0) is 0 Å². The minimum absolute atomic E-state index is 0.321. The van der Waals surface area contributed by atoms with Crippen LogP contribution in [0.15, 0.2) is 24.3 Å². The molecule has 3 heteroatoms. The van der Waals surface area contributed by atoms with Gasteiger partial charge >= 0.3 is 0 Å². The van der Waals surface area contributed by atoms with Gasteiger partial charge in [0.1, 0.15) is 5.82 Å². The molecule has 0 bridgehead atoms. The fourth-order valence-corrected chi connectivity index (χ4v) is 2.31. The highest BCUT2D eigenvalue weighted by Crippen LogP contribution is 2.38. The minimum Gasteiger partial charge on any atom is -0.386 e. The summed E-state index contributed by atoms with van der Waals surface area (Å²) in [7, 11) is 0. The average molecular weight is 209 g/mol. The minimum atomic E-state index is -0.888. The first-order chi connectivity index (χ1) is 7.13. The largest absolute Gasteiger partial charge is 0.386 e. The van der Waals surface area contributed by atoms with Crippen LogP contribution < -0.4 is 5.73 Å². The first kappa shape index (κ1) is 10.6. The summed E-state index contributed by atoms with van der Waals surface area (Å²) >= 11 is 0. The maximum atomic E-state index is 13.4. The van der Waals surface area contributed by atoms with Gasteiger partial charge in [-0.1, -0.05) is 31.0 Å². The summed E-state index contributed by atoms with van der Waals surface area (Å²) in [4.78, 5) is 0. The average Bonchev–Trinajstić information content (AvgIpc) is 2.66. The molecule has 0 radical (unpaired) electrons. The number of hydrogen-bond acceptors (Lipinski definition) is 2. The second-order valence-electron chi connectivity index (χ2n) is 4.36. The van der Waals surface area contributed by atoms with Crippen LogP contribution in [0.4, 0.5) is 4.39 Å². The van der Waals surface area contributed by atoms with Crippen molar-refractivity contribution in [2.75, 3.05) is 0 Å². The van der Waals surface area contributed by atoms with Gasteiger partial charge in [0, 0.05) is 11.1 Å². The molecule has 3 N–H and O–H groups in total. The van der Waals surface area contributed by atoms with Crippen molar-refractivity contribution >= 4 is 0 Å². The van der Waals surface area contributed by atoms with E-state index in [9.17, 15) is 9.50 Å². The van der Waals surface area contributed by atoms with Crippen molar-refractivity contribution in [3.63, 3.8) is 0 Å². The molecule has 0 saturated heterocycles. The van der Waals surface area contributed by atoms with E-state index in [0.29, 0.717) is 5.56 Å². The summed E-state index contributed by atoms with van der Waals surface area (Å²) in [6.07, 6.45) is 2.68. The van der Waals surface area contributed by atoms with E-state index in [1.807, 2.05) is 0 Å². The molecule has 1 fully saturated rings. The molecule has 0 spiro atoms. The van der Waals surface area contributed by atoms with Crippen molar-refractivity contribution in [1.29, 1.82) is 0 Å². The van der Waals surface area contributed by atoms with Gasteiger partial charge in [0.15, 0.2) is 0 Å². The van der Waals surface area contributed by atoms with Gasteiger partial charge in [-0.3, -0.25) is 0 Å². The van der Waals surface area contributed by atoms with Crippen molar-refractivity contribution in [3.05, 3.63) is 35.6 Å². The normalized spacial score (nSPS) is 21.5. The van der Waals surface area contributed by atoms with Crippen LogP contribution in [0.5, 0.6) is 0 Å². The molecule has 0 amide bonds. The molecule has 1 saturated carbocycles. The van der Waals surface area contributed by atoms with Crippen molar-refractivity contribution in [2.45, 2.75) is 37.3 Å². The molecule has 82 valence electrons. The quantitative estimate of drug-likeness (QED) is 0.783. The Balaban J connectivity index is 2.27. The van der Waals surface area contributed by atoms with Crippen LogP contribution in [-0.4, -0.2) is 10.6 Å². The number of aliphatic hydroxyl groups excluding tert-OH is 1. The van der Waals surface area contributed by atoms with E-state index in [-0.39, 0.29) is 5.82 Å². The lowest BCUT2D eigenvalue weighted by atomic mass is 9.87. The lowest BCUT2D eigenvalue weighted by Crippen LogP contribution is -2.43. The smallest absolute Gasteiger partial charge is 0.129 e. The molecule has 1 atom stereocenters. The highest BCUT2D eigenvalue weighted by Gasteiger charge is 2.38. The van der Waals surface area contributed by atoms with Gasteiger partial charge in [-0.2, -0.15) is 0 Å². The summed E-state index contributed by atoms with van der Waals surface area (Å²) in [6, 6.07) is 6.30. The first-order valence-corrected chi connectivity index (χ1v) is 5.35. The van der Waals surface area contributed by atoms with Gasteiger partial charge in [0.05, 0.1) is 6.10 Å². The van der Waals surface area contributed by atoms with E-state index >= 15 is 0 Å². The second-order valence-corrected chi connectivity index (χ2v) is 4.36. The molecule has 2 rings (SSSR count). The monoisotopic (exact) mass is 209 g/mol. The first-order valence-electron chi connectivity index (χ1n) is 5.35. The fourth-order valence-electron chi connectivity index (χ4n) is 2.31. The van der Waals surface area contributed by atoms with Crippen molar-refractivity contribution in [3.8, 4) is 0 Å². The van der Waals surface area contributed by atoms with Crippen LogP contribution in [0.1, 0.15) is 37.4 Å². The van der Waals surface area contributed by atoms with E-state index in [1.165, 1.54) is 6.07 Å². The Bertz CT molecular complexity index is 347. The Morgan fingerprint density at radius 1 is 1.27 bits per heavy atom. The molecule has 1 aromatic carbocycles. The molecule has 1 aromatic rings. The Labute approximate surface area is 88.9 Å². The summed E-state index contributed by atoms with van der Waals surface area (Å²) in [5.41, 5.74) is 5.77. The third kappa shape index (κ3) is 1.90. The van der Waals surface area contributed by atoms with Crippen molar-refractivity contribution in [1.82, 2.24) is 0 Å². The lowest BCUT2D eigenvalue weighted by Gasteiger charge is -2.30. The van der Waals surface area contributed by atoms with Gasteiger partial charge in [0.2, 0.25) is 0 Å². The Morgan fingerprint density at radius 2 is 1.87 bits per heavy atom. The predicted octanol–water partition coefficient (Wildman–Crippen LogP) is 2.13. The number of halogens is 1. The number of aliphatic hydroxyl groups is 1. The highest BCUT2D eigenvalue weighted by atomic mass is 19.1. The van der Waals surface area contributed by atoms with Gasteiger partial charge in [0.25, 0.3) is 0 Å². The highest BCUT2D eigenvalue weighted by molar-refractivity contribution is 5.23. The molecule has 0 aliphatic heterocycles. The molecule has 2 nitrogen and oxygen atoms in total. The van der Waals surface area contributed by atoms with Crippen molar-refractivity contribution < 1.29 is 9.50 Å². The van der Waals surface area contributed by atoms with Crippen LogP contribution in [0.25, 0.3) is 0 Å². The molecule has 0 aromatic heterocycles. The third-order valence-electron chi connectivity index (χ3n) is 3.28. The van der Waals surface area contributed by atoms with E-state index in [0.717, 1.165) is 25.7 Å². The number of nitrogens with two attached hydrogens (primary N) is 1. The number of benzene rings is 1. The summed E-state index contributed by atoms with van der Waals surface area (Å²) < 4.78 is 13.4. The summed E-state index contributed by atoms with van der Waals surface area (Å²) in [5.74, 6) is -0.373.